The SMILES string of the molecule is CC1(C(=N)Oc2ccc(S(N)(=O)=O)cc2)CC1. The fourth-order valence-corrected chi connectivity index (χ4v) is 1.87. The van der Waals surface area contributed by atoms with E-state index in [0.29, 0.717) is 5.75 Å². The van der Waals surface area contributed by atoms with Crippen LogP contribution in [0.25, 0.3) is 0 Å². The van der Waals surface area contributed by atoms with Gasteiger partial charge in [-0.2, -0.15) is 0 Å². The molecule has 0 heterocycles. The molecule has 0 bridgehead atoms. The van der Waals surface area contributed by atoms with Crippen LogP contribution < -0.4 is 9.88 Å². The molecule has 5 nitrogen and oxygen atoms in total. The predicted molar refractivity (Wildman–Crippen MR) is 63.5 cm³/mol. The molecule has 0 spiro atoms. The van der Waals surface area contributed by atoms with E-state index in [1.165, 1.54) is 24.3 Å². The molecule has 2 rings (SSSR count). The standard InChI is InChI=1S/C11H14N2O3S/c1-11(6-7-11)10(12)16-8-2-4-9(5-3-8)17(13,14)15/h2-5,12H,6-7H2,1H3,(H2,13,14,15). The molecule has 0 aliphatic heterocycles. The zero-order valence-corrected chi connectivity index (χ0v) is 10.3. The lowest BCUT2D eigenvalue weighted by molar-refractivity contribution is 0.483. The van der Waals surface area contributed by atoms with Gasteiger partial charge in [0, 0.05) is 5.41 Å². The van der Waals surface area contributed by atoms with E-state index in [9.17, 15) is 8.42 Å². The molecule has 1 aromatic carbocycles. The van der Waals surface area contributed by atoms with Gasteiger partial charge < -0.3 is 4.74 Å². The van der Waals surface area contributed by atoms with Gasteiger partial charge in [-0.05, 0) is 37.1 Å². The van der Waals surface area contributed by atoms with E-state index < -0.39 is 10.0 Å². The molecule has 92 valence electrons. The molecular weight excluding hydrogens is 240 g/mol. The second-order valence-electron chi connectivity index (χ2n) is 4.51. The smallest absolute Gasteiger partial charge is 0.238 e. The van der Waals surface area contributed by atoms with Crippen LogP contribution in [0.2, 0.25) is 0 Å². The molecule has 0 atom stereocenters. The molecule has 0 radical (unpaired) electrons. The molecule has 0 saturated heterocycles. The van der Waals surface area contributed by atoms with Crippen molar-refractivity contribution in [2.24, 2.45) is 10.6 Å². The first-order valence-corrected chi connectivity index (χ1v) is 6.76. The van der Waals surface area contributed by atoms with Crippen molar-refractivity contribution < 1.29 is 13.2 Å². The number of nitrogens with two attached hydrogens (primary N) is 1. The Morgan fingerprint density at radius 2 is 1.88 bits per heavy atom. The average molecular weight is 254 g/mol. The van der Waals surface area contributed by atoms with Crippen LogP contribution in [0.15, 0.2) is 29.2 Å². The highest BCUT2D eigenvalue weighted by Gasteiger charge is 2.43. The van der Waals surface area contributed by atoms with Crippen molar-refractivity contribution in [2.45, 2.75) is 24.7 Å². The van der Waals surface area contributed by atoms with E-state index in [2.05, 4.69) is 0 Å². The molecule has 1 aromatic rings. The topological polar surface area (TPSA) is 93.2 Å². The van der Waals surface area contributed by atoms with E-state index >= 15 is 0 Å². The Morgan fingerprint density at radius 1 is 1.35 bits per heavy atom. The first-order valence-electron chi connectivity index (χ1n) is 5.21. The summed E-state index contributed by atoms with van der Waals surface area (Å²) in [5.74, 6) is 0.677. The van der Waals surface area contributed by atoms with Crippen LogP contribution in [0.3, 0.4) is 0 Å². The fraction of sp³-hybridized carbons (Fsp3) is 0.364. The minimum absolute atomic E-state index is 0.0361. The summed E-state index contributed by atoms with van der Waals surface area (Å²) in [5.41, 5.74) is -0.140. The molecule has 17 heavy (non-hydrogen) atoms. The molecule has 1 fully saturated rings. The maximum absolute atomic E-state index is 11.0. The maximum atomic E-state index is 11.0. The normalized spacial score (nSPS) is 17.5. The van der Waals surface area contributed by atoms with E-state index in [-0.39, 0.29) is 16.2 Å². The number of ether oxygens (including phenoxy) is 1. The van der Waals surface area contributed by atoms with Crippen molar-refractivity contribution in [1.82, 2.24) is 0 Å². The van der Waals surface area contributed by atoms with E-state index in [1.807, 2.05) is 6.92 Å². The minimum Gasteiger partial charge on any atom is -0.443 e. The Kier molecular flexibility index (Phi) is 2.71. The van der Waals surface area contributed by atoms with Gasteiger partial charge in [0.2, 0.25) is 10.0 Å². The molecule has 1 saturated carbocycles. The Bertz CT molecular complexity index is 545. The predicted octanol–water partition coefficient (Wildman–Crippen LogP) is 1.49. The molecule has 0 unspecified atom stereocenters. The first-order chi connectivity index (χ1) is 7.81. The highest BCUT2D eigenvalue weighted by molar-refractivity contribution is 7.89. The van der Waals surface area contributed by atoms with Gasteiger partial charge >= 0.3 is 0 Å². The highest BCUT2D eigenvalue weighted by Crippen LogP contribution is 2.46. The number of benzene rings is 1. The average Bonchev–Trinajstić information content (AvgIpc) is 2.97. The lowest BCUT2D eigenvalue weighted by Gasteiger charge is -2.11. The van der Waals surface area contributed by atoms with E-state index in [1.54, 1.807) is 0 Å². The zero-order chi connectivity index (χ0) is 12.7. The number of sulfonamides is 1. The Morgan fingerprint density at radius 3 is 2.29 bits per heavy atom. The van der Waals surface area contributed by atoms with Gasteiger partial charge in [0.25, 0.3) is 0 Å². The summed E-state index contributed by atoms with van der Waals surface area (Å²) in [5, 5.41) is 12.7. The van der Waals surface area contributed by atoms with Crippen molar-refractivity contribution in [3.63, 3.8) is 0 Å². The van der Waals surface area contributed by atoms with Crippen LogP contribution in [0.1, 0.15) is 19.8 Å². The summed E-state index contributed by atoms with van der Waals surface area (Å²) < 4.78 is 27.4. The largest absolute Gasteiger partial charge is 0.443 e. The van der Waals surface area contributed by atoms with Gasteiger partial charge in [0.1, 0.15) is 5.75 Å². The Hall–Kier alpha value is -1.40. The maximum Gasteiger partial charge on any atom is 0.238 e. The number of primary sulfonamides is 1. The summed E-state index contributed by atoms with van der Waals surface area (Å²) >= 11 is 0. The van der Waals surface area contributed by atoms with Gasteiger partial charge in [-0.25, -0.2) is 13.6 Å². The van der Waals surface area contributed by atoms with Crippen molar-refractivity contribution in [3.8, 4) is 5.75 Å². The van der Waals surface area contributed by atoms with Crippen molar-refractivity contribution in [2.75, 3.05) is 0 Å². The van der Waals surface area contributed by atoms with Crippen LogP contribution in [0.5, 0.6) is 5.75 Å². The summed E-state index contributed by atoms with van der Waals surface area (Å²) in [6.07, 6.45) is 1.92. The molecule has 0 amide bonds. The number of hydrogen-bond acceptors (Lipinski definition) is 4. The fourth-order valence-electron chi connectivity index (χ4n) is 1.35. The summed E-state index contributed by atoms with van der Waals surface area (Å²) in [6, 6.07) is 5.74. The van der Waals surface area contributed by atoms with Crippen LogP contribution in [-0.2, 0) is 10.0 Å². The third kappa shape index (κ3) is 2.65. The van der Waals surface area contributed by atoms with Crippen molar-refractivity contribution >= 4 is 15.9 Å². The third-order valence-electron chi connectivity index (χ3n) is 2.92. The molecule has 6 heteroatoms. The van der Waals surface area contributed by atoms with Gasteiger partial charge in [-0.3, -0.25) is 5.41 Å². The van der Waals surface area contributed by atoms with Gasteiger partial charge in [-0.1, -0.05) is 6.92 Å². The molecule has 0 aromatic heterocycles. The second-order valence-corrected chi connectivity index (χ2v) is 6.07. The van der Waals surface area contributed by atoms with Gasteiger partial charge in [0.05, 0.1) is 4.90 Å². The summed E-state index contributed by atoms with van der Waals surface area (Å²) in [4.78, 5) is 0.0361. The number of hydrogen-bond donors (Lipinski definition) is 2. The van der Waals surface area contributed by atoms with Crippen molar-refractivity contribution in [3.05, 3.63) is 24.3 Å². The first kappa shape index (κ1) is 12.1. The Labute approximate surface area is 100 Å². The quantitative estimate of drug-likeness (QED) is 0.632. The highest BCUT2D eigenvalue weighted by atomic mass is 32.2. The molecular formula is C11H14N2O3S. The lowest BCUT2D eigenvalue weighted by Crippen LogP contribution is -2.18. The van der Waals surface area contributed by atoms with Crippen molar-refractivity contribution in [1.29, 1.82) is 5.41 Å². The number of nitrogens with one attached hydrogen (secondary N) is 1. The molecule has 1 aliphatic rings. The van der Waals surface area contributed by atoms with Crippen LogP contribution >= 0.6 is 0 Å². The lowest BCUT2D eigenvalue weighted by atomic mass is 10.1. The summed E-state index contributed by atoms with van der Waals surface area (Å²) in [6.45, 7) is 1.97. The van der Waals surface area contributed by atoms with Crippen LogP contribution in [0.4, 0.5) is 0 Å². The Balaban J connectivity index is 2.11. The number of rotatable bonds is 3. The molecule has 1 aliphatic carbocycles. The third-order valence-corrected chi connectivity index (χ3v) is 3.85. The zero-order valence-electron chi connectivity index (χ0n) is 9.43. The molecule has 3 N–H and O–H groups in total. The van der Waals surface area contributed by atoms with Crippen LogP contribution in [0, 0.1) is 10.8 Å². The summed E-state index contributed by atoms with van der Waals surface area (Å²) in [7, 11) is -3.67. The minimum atomic E-state index is -3.67. The monoisotopic (exact) mass is 254 g/mol. The van der Waals surface area contributed by atoms with Gasteiger partial charge in [-0.15, -0.1) is 0 Å². The van der Waals surface area contributed by atoms with E-state index in [4.69, 9.17) is 15.3 Å². The van der Waals surface area contributed by atoms with E-state index in [0.717, 1.165) is 12.8 Å². The second kappa shape index (κ2) is 3.82. The van der Waals surface area contributed by atoms with Crippen LogP contribution in [-0.4, -0.2) is 14.3 Å². The van der Waals surface area contributed by atoms with Gasteiger partial charge in [0.15, 0.2) is 5.90 Å².